The molecule has 0 N–H and O–H groups in total. The molecule has 0 unspecified atom stereocenters. The summed E-state index contributed by atoms with van der Waals surface area (Å²) in [6, 6.07) is 36.6. The van der Waals surface area contributed by atoms with E-state index >= 15 is 0 Å². The van der Waals surface area contributed by atoms with Gasteiger partial charge in [0.1, 0.15) is 11.5 Å². The van der Waals surface area contributed by atoms with Gasteiger partial charge in [-0.05, 0) is 47.5 Å². The van der Waals surface area contributed by atoms with Gasteiger partial charge in [0.25, 0.3) is 0 Å². The van der Waals surface area contributed by atoms with Gasteiger partial charge in [-0.25, -0.2) is 0 Å². The van der Waals surface area contributed by atoms with Crippen LogP contribution in [0.3, 0.4) is 0 Å². The van der Waals surface area contributed by atoms with Crippen LogP contribution in [-0.4, -0.2) is 6.88 Å². The van der Waals surface area contributed by atoms with E-state index in [0.29, 0.717) is 0 Å². The van der Waals surface area contributed by atoms with Crippen LogP contribution in [0.25, 0.3) is 66.8 Å². The Bertz CT molecular complexity index is 1790. The van der Waals surface area contributed by atoms with Crippen LogP contribution >= 0.6 is 24.8 Å². The van der Waals surface area contributed by atoms with Gasteiger partial charge in [-0.15, -0.1) is 82.8 Å². The van der Waals surface area contributed by atoms with Gasteiger partial charge in [-0.1, -0.05) is 47.5 Å². The second-order valence-electron chi connectivity index (χ2n) is 9.01. The molecule has 4 nitrogen and oxygen atoms in total. The zero-order valence-corrected chi connectivity index (χ0v) is 29.2. The molecule has 0 atom stereocenters. The predicted octanol–water partition coefficient (Wildman–Crippen LogP) is 11.5. The molecule has 4 aromatic carbocycles. The van der Waals surface area contributed by atoms with Crippen LogP contribution in [0.15, 0.2) is 152 Å². The molecule has 0 bridgehead atoms. The van der Waals surface area contributed by atoms with E-state index in [4.69, 9.17) is 17.7 Å². The predicted molar refractivity (Wildman–Crippen MR) is 183 cm³/mol. The largest absolute Gasteiger partial charge is 0.499 e. The van der Waals surface area contributed by atoms with Gasteiger partial charge in [0, 0.05) is 0 Å². The topological polar surface area (TPSA) is 52.6 Å². The quantitative estimate of drug-likeness (QED) is 0.134. The minimum absolute atomic E-state index is 0. The van der Waals surface area contributed by atoms with Crippen LogP contribution in [0.1, 0.15) is 0 Å². The Morgan fingerprint density at radius 3 is 1.11 bits per heavy atom. The number of halogens is 2. The van der Waals surface area contributed by atoms with E-state index < -0.39 is 0 Å². The normalized spacial score (nSPS) is 9.70. The van der Waals surface area contributed by atoms with Gasteiger partial charge in [-0.2, -0.15) is 0 Å². The molecule has 0 aliphatic rings. The number of hydrogen-bond donors (Lipinski definition) is 0. The summed E-state index contributed by atoms with van der Waals surface area (Å²) < 4.78 is 21.9. The first kappa shape index (κ1) is 36.7. The molecular formula is C36H30Cl2O4SiZr-4. The Labute approximate surface area is 286 Å². The molecule has 224 valence electrons. The molecule has 0 spiro atoms. The molecule has 4 aromatic heterocycles. The summed E-state index contributed by atoms with van der Waals surface area (Å²) in [4.78, 5) is 0. The Hall–Kier alpha value is -3.54. The van der Waals surface area contributed by atoms with Crippen molar-refractivity contribution in [2.45, 2.75) is 0 Å². The van der Waals surface area contributed by atoms with Crippen molar-refractivity contribution in [3.8, 4) is 45.3 Å². The van der Waals surface area contributed by atoms with E-state index in [1.165, 1.54) is 44.9 Å². The Morgan fingerprint density at radius 1 is 0.455 bits per heavy atom. The zero-order valence-electron chi connectivity index (χ0n) is 24.2. The fourth-order valence-electron chi connectivity index (χ4n) is 4.93. The monoisotopic (exact) mass is 714 g/mol. The Kier molecular flexibility index (Phi) is 14.2. The number of hydrogen-bond acceptors (Lipinski definition) is 4. The molecule has 44 heavy (non-hydrogen) atoms. The SMILES string of the molecule is Cl.Cl.[CH3-].[CH3-].[Si]=[Zr].c1coc(-c2cc3c(-c4ccco4)cccc3[cH-]2)c1.c1coc(-c2cc3c(-c4ccco4)cccc3[cH-]2)c1. The van der Waals surface area contributed by atoms with Crippen LogP contribution in [0, 0.1) is 14.9 Å². The van der Waals surface area contributed by atoms with Crippen LogP contribution in [-0.2, 0) is 23.3 Å². The minimum atomic E-state index is 0. The number of fused-ring (bicyclic) bond motifs is 2. The summed E-state index contributed by atoms with van der Waals surface area (Å²) >= 11 is 1.36. The first-order valence-corrected chi connectivity index (χ1v) is 16.8. The van der Waals surface area contributed by atoms with Crippen molar-refractivity contribution in [3.63, 3.8) is 0 Å². The summed E-state index contributed by atoms with van der Waals surface area (Å²) in [5.74, 6) is 3.56. The number of benzene rings is 2. The van der Waals surface area contributed by atoms with Crippen molar-refractivity contribution in [3.05, 3.63) is 149 Å². The maximum absolute atomic E-state index is 5.50. The van der Waals surface area contributed by atoms with Crippen molar-refractivity contribution >= 4 is 53.2 Å². The summed E-state index contributed by atoms with van der Waals surface area (Å²) in [5, 5.41) is 4.76. The van der Waals surface area contributed by atoms with Gasteiger partial charge in [0.15, 0.2) is 0 Å². The fourth-order valence-corrected chi connectivity index (χ4v) is 4.93. The second kappa shape index (κ2) is 17.1. The van der Waals surface area contributed by atoms with Crippen LogP contribution in [0.2, 0.25) is 0 Å². The molecule has 4 heterocycles. The van der Waals surface area contributed by atoms with Crippen LogP contribution in [0.4, 0.5) is 0 Å². The Morgan fingerprint density at radius 2 is 0.795 bits per heavy atom. The smallest absolute Gasteiger partial charge is 0.126 e. The summed E-state index contributed by atoms with van der Waals surface area (Å²) in [7, 11) is 0. The standard InChI is InChI=1S/2C17H11O2.2CH3.2ClH.Si.Zr/c2*1-4-12-10-13(16-6-2-8-18-16)11-15(12)14(5-1)17-7-3-9-19-17;;;;;;/h2*1-11H;2*1H3;2*1H;;/q4*-1;;;;. The average molecular weight is 717 g/mol. The van der Waals surface area contributed by atoms with Crippen molar-refractivity contribution in [1.82, 2.24) is 0 Å². The molecule has 0 aliphatic heterocycles. The molecule has 0 amide bonds. The first-order valence-electron chi connectivity index (χ1n) is 12.6. The third-order valence-electron chi connectivity index (χ3n) is 6.69. The molecule has 2 radical (unpaired) electrons. The molecular weight excluding hydrogens is 687 g/mol. The van der Waals surface area contributed by atoms with Crippen LogP contribution in [0.5, 0.6) is 0 Å². The van der Waals surface area contributed by atoms with Crippen molar-refractivity contribution in [2.75, 3.05) is 0 Å². The zero-order chi connectivity index (χ0) is 27.3. The molecule has 0 aliphatic carbocycles. The summed E-state index contributed by atoms with van der Waals surface area (Å²) in [5.41, 5.74) is 4.42. The Balaban J connectivity index is 0.000000268. The fraction of sp³-hybridized carbons (Fsp3) is 0. The minimum Gasteiger partial charge on any atom is -0.499 e. The van der Waals surface area contributed by atoms with Crippen molar-refractivity contribution in [2.24, 2.45) is 0 Å². The third-order valence-corrected chi connectivity index (χ3v) is 6.69. The second-order valence-corrected chi connectivity index (χ2v) is 9.01. The molecule has 8 heteroatoms. The van der Waals surface area contributed by atoms with Gasteiger partial charge in [0.05, 0.1) is 36.6 Å². The molecule has 0 saturated carbocycles. The van der Waals surface area contributed by atoms with E-state index in [-0.39, 0.29) is 39.7 Å². The molecule has 8 rings (SSSR count). The average Bonchev–Trinajstić information content (AvgIpc) is 3.85. The van der Waals surface area contributed by atoms with E-state index in [1.54, 1.807) is 25.1 Å². The number of rotatable bonds is 4. The maximum atomic E-state index is 5.50. The molecule has 0 fully saturated rings. The van der Waals surface area contributed by atoms with Crippen molar-refractivity contribution in [1.29, 1.82) is 0 Å². The molecule has 0 saturated heterocycles. The molecule has 8 aromatic rings. The van der Waals surface area contributed by atoms with E-state index in [1.807, 2.05) is 60.7 Å². The van der Waals surface area contributed by atoms with E-state index in [2.05, 4.69) is 55.4 Å². The van der Waals surface area contributed by atoms with Gasteiger partial charge >= 0.3 is 30.2 Å². The van der Waals surface area contributed by atoms with Gasteiger partial charge in [0.2, 0.25) is 0 Å². The van der Waals surface area contributed by atoms with Gasteiger partial charge < -0.3 is 32.5 Å². The summed E-state index contributed by atoms with van der Waals surface area (Å²) in [6.07, 6.45) is 6.79. The third kappa shape index (κ3) is 7.57. The van der Waals surface area contributed by atoms with Crippen molar-refractivity contribution < 1.29 is 41.0 Å². The maximum Gasteiger partial charge on any atom is 0.126 e. The number of furan rings is 4. The van der Waals surface area contributed by atoms with E-state index in [9.17, 15) is 0 Å². The van der Waals surface area contributed by atoms with E-state index in [0.717, 1.165) is 45.3 Å². The van der Waals surface area contributed by atoms with Crippen LogP contribution < -0.4 is 0 Å². The summed E-state index contributed by atoms with van der Waals surface area (Å²) in [6.45, 7) is 3.06. The first-order chi connectivity index (χ1) is 19.8. The van der Waals surface area contributed by atoms with Gasteiger partial charge in [-0.3, -0.25) is 0 Å².